The second-order valence-corrected chi connectivity index (χ2v) is 4.50. The number of nitrogens with zero attached hydrogens (tertiary/aromatic N) is 1. The van der Waals surface area contributed by atoms with Crippen LogP contribution in [0.15, 0.2) is 12.1 Å². The molecule has 0 radical (unpaired) electrons. The lowest BCUT2D eigenvalue weighted by atomic mass is 9.96. The average Bonchev–Trinajstić information content (AvgIpc) is 2.34. The summed E-state index contributed by atoms with van der Waals surface area (Å²) in [5.41, 5.74) is 3.05. The zero-order valence-electron chi connectivity index (χ0n) is 11.9. The van der Waals surface area contributed by atoms with E-state index in [0.29, 0.717) is 0 Å². The first-order chi connectivity index (χ1) is 8.43. The first-order valence-corrected chi connectivity index (χ1v) is 5.82. The Balaban J connectivity index is 3.30. The molecule has 0 saturated carbocycles. The first kappa shape index (κ1) is 14.5. The fourth-order valence-corrected chi connectivity index (χ4v) is 2.06. The first-order valence-electron chi connectivity index (χ1n) is 5.82. The van der Waals surface area contributed by atoms with Crippen molar-refractivity contribution >= 4 is 5.97 Å². The Morgan fingerprint density at radius 1 is 1.17 bits per heavy atom. The minimum Gasteiger partial charge on any atom is -0.496 e. The van der Waals surface area contributed by atoms with E-state index in [9.17, 15) is 4.79 Å². The van der Waals surface area contributed by atoms with Crippen LogP contribution in [0.25, 0.3) is 0 Å². The molecule has 4 heteroatoms. The van der Waals surface area contributed by atoms with Crippen LogP contribution >= 0.6 is 0 Å². The van der Waals surface area contributed by atoms with E-state index in [0.717, 1.165) is 22.4 Å². The van der Waals surface area contributed by atoms with Gasteiger partial charge in [0.05, 0.1) is 14.2 Å². The van der Waals surface area contributed by atoms with Crippen molar-refractivity contribution in [2.45, 2.75) is 19.9 Å². The molecule has 0 spiro atoms. The molecule has 1 aromatic carbocycles. The monoisotopic (exact) mass is 251 g/mol. The Hall–Kier alpha value is -1.55. The van der Waals surface area contributed by atoms with Gasteiger partial charge < -0.3 is 9.47 Å². The molecule has 1 atom stereocenters. The predicted molar refractivity (Wildman–Crippen MR) is 70.9 cm³/mol. The summed E-state index contributed by atoms with van der Waals surface area (Å²) in [5.74, 6) is 0.575. The van der Waals surface area contributed by atoms with E-state index in [1.807, 2.05) is 45.0 Å². The van der Waals surface area contributed by atoms with E-state index in [2.05, 4.69) is 0 Å². The molecular formula is C14H21NO3. The minimum atomic E-state index is -0.389. The molecule has 0 aromatic heterocycles. The molecule has 0 fully saturated rings. The van der Waals surface area contributed by atoms with Gasteiger partial charge in [-0.3, -0.25) is 4.90 Å². The average molecular weight is 251 g/mol. The Morgan fingerprint density at radius 2 is 1.78 bits per heavy atom. The van der Waals surface area contributed by atoms with Crippen molar-refractivity contribution in [1.29, 1.82) is 0 Å². The van der Waals surface area contributed by atoms with Gasteiger partial charge in [-0.2, -0.15) is 0 Å². The van der Waals surface area contributed by atoms with Crippen LogP contribution in [0.2, 0.25) is 0 Å². The van der Waals surface area contributed by atoms with Gasteiger partial charge in [-0.15, -0.1) is 0 Å². The Bertz CT molecular complexity index is 441. The summed E-state index contributed by atoms with van der Waals surface area (Å²) in [6.07, 6.45) is 0. The molecule has 100 valence electrons. The van der Waals surface area contributed by atoms with Crippen LogP contribution in [-0.4, -0.2) is 39.2 Å². The van der Waals surface area contributed by atoms with Crippen LogP contribution in [0.1, 0.15) is 22.7 Å². The van der Waals surface area contributed by atoms with Crippen molar-refractivity contribution in [3.8, 4) is 5.75 Å². The number of rotatable bonds is 4. The lowest BCUT2D eigenvalue weighted by Crippen LogP contribution is -2.29. The number of hydrogen-bond donors (Lipinski definition) is 0. The predicted octanol–water partition coefficient (Wildman–Crippen LogP) is 2.09. The number of esters is 1. The normalized spacial score (nSPS) is 12.4. The summed E-state index contributed by atoms with van der Waals surface area (Å²) in [5, 5.41) is 0. The summed E-state index contributed by atoms with van der Waals surface area (Å²) in [6.45, 7) is 3.98. The van der Waals surface area contributed by atoms with Gasteiger partial charge in [0, 0.05) is 0 Å². The molecule has 0 bridgehead atoms. The second-order valence-electron chi connectivity index (χ2n) is 4.50. The Labute approximate surface area is 108 Å². The van der Waals surface area contributed by atoms with E-state index < -0.39 is 0 Å². The number of ether oxygens (including phenoxy) is 2. The summed E-state index contributed by atoms with van der Waals surface area (Å²) in [6, 6.07) is 3.42. The SMILES string of the molecule is COC(=O)C(c1ccc(OC)c(C)c1C)N(C)C. The third kappa shape index (κ3) is 2.64. The van der Waals surface area contributed by atoms with Gasteiger partial charge >= 0.3 is 5.97 Å². The maximum atomic E-state index is 11.9. The number of benzene rings is 1. The third-order valence-corrected chi connectivity index (χ3v) is 3.23. The van der Waals surface area contributed by atoms with Crippen molar-refractivity contribution < 1.29 is 14.3 Å². The summed E-state index contributed by atoms with van der Waals surface area (Å²) in [7, 11) is 6.77. The number of methoxy groups -OCH3 is 2. The smallest absolute Gasteiger partial charge is 0.327 e. The van der Waals surface area contributed by atoms with Crippen LogP contribution in [0.3, 0.4) is 0 Å². The van der Waals surface area contributed by atoms with Gasteiger partial charge in [-0.05, 0) is 50.7 Å². The van der Waals surface area contributed by atoms with Crippen LogP contribution in [0.4, 0.5) is 0 Å². The van der Waals surface area contributed by atoms with Gasteiger partial charge in [0.15, 0.2) is 0 Å². The molecule has 0 amide bonds. The summed E-state index contributed by atoms with van der Waals surface area (Å²) >= 11 is 0. The molecule has 4 nitrogen and oxygen atoms in total. The van der Waals surface area contributed by atoms with Gasteiger partial charge in [0.1, 0.15) is 11.8 Å². The highest BCUT2D eigenvalue weighted by molar-refractivity contribution is 5.78. The molecule has 0 heterocycles. The molecule has 1 unspecified atom stereocenters. The van der Waals surface area contributed by atoms with E-state index in [-0.39, 0.29) is 12.0 Å². The van der Waals surface area contributed by atoms with E-state index in [1.165, 1.54) is 7.11 Å². The molecule has 0 saturated heterocycles. The molecule has 0 N–H and O–H groups in total. The van der Waals surface area contributed by atoms with Gasteiger partial charge in [-0.1, -0.05) is 6.07 Å². The minimum absolute atomic E-state index is 0.257. The van der Waals surface area contributed by atoms with E-state index in [1.54, 1.807) is 7.11 Å². The second kappa shape index (κ2) is 5.87. The topological polar surface area (TPSA) is 38.8 Å². The quantitative estimate of drug-likeness (QED) is 0.768. The number of hydrogen-bond acceptors (Lipinski definition) is 4. The molecular weight excluding hydrogens is 230 g/mol. The number of carbonyl (C=O) groups is 1. The lowest BCUT2D eigenvalue weighted by molar-refractivity contribution is -0.146. The highest BCUT2D eigenvalue weighted by atomic mass is 16.5. The van der Waals surface area contributed by atoms with Crippen LogP contribution in [0, 0.1) is 13.8 Å². The zero-order valence-corrected chi connectivity index (χ0v) is 11.9. The van der Waals surface area contributed by atoms with Gasteiger partial charge in [0.2, 0.25) is 0 Å². The van der Waals surface area contributed by atoms with Crippen molar-refractivity contribution in [2.75, 3.05) is 28.3 Å². The lowest BCUT2D eigenvalue weighted by Gasteiger charge is -2.25. The van der Waals surface area contributed by atoms with E-state index >= 15 is 0 Å². The van der Waals surface area contributed by atoms with Crippen LogP contribution in [0.5, 0.6) is 5.75 Å². The maximum Gasteiger partial charge on any atom is 0.327 e. The Morgan fingerprint density at radius 3 is 2.22 bits per heavy atom. The van der Waals surface area contributed by atoms with Crippen molar-refractivity contribution in [3.63, 3.8) is 0 Å². The highest BCUT2D eigenvalue weighted by Crippen LogP contribution is 2.30. The van der Waals surface area contributed by atoms with Crippen molar-refractivity contribution in [3.05, 3.63) is 28.8 Å². The fourth-order valence-electron chi connectivity index (χ4n) is 2.06. The van der Waals surface area contributed by atoms with Crippen LogP contribution < -0.4 is 4.74 Å². The molecule has 18 heavy (non-hydrogen) atoms. The molecule has 1 rings (SSSR count). The summed E-state index contributed by atoms with van der Waals surface area (Å²) < 4.78 is 10.1. The fraction of sp³-hybridized carbons (Fsp3) is 0.500. The number of likely N-dealkylation sites (N-methyl/N-ethyl adjacent to an activating group) is 1. The maximum absolute atomic E-state index is 11.9. The van der Waals surface area contributed by atoms with E-state index in [4.69, 9.17) is 9.47 Å². The third-order valence-electron chi connectivity index (χ3n) is 3.23. The van der Waals surface area contributed by atoms with Crippen LogP contribution in [-0.2, 0) is 9.53 Å². The highest BCUT2D eigenvalue weighted by Gasteiger charge is 2.26. The summed E-state index contributed by atoms with van der Waals surface area (Å²) in [4.78, 5) is 13.7. The molecule has 0 aliphatic rings. The largest absolute Gasteiger partial charge is 0.496 e. The van der Waals surface area contributed by atoms with Crippen molar-refractivity contribution in [2.24, 2.45) is 0 Å². The zero-order chi connectivity index (χ0) is 13.9. The molecule has 0 aliphatic carbocycles. The number of carbonyl (C=O) groups excluding carboxylic acids is 1. The van der Waals surface area contributed by atoms with Gasteiger partial charge in [-0.25, -0.2) is 4.79 Å². The Kier molecular flexibility index (Phi) is 4.73. The molecule has 0 aliphatic heterocycles. The molecule has 1 aromatic rings. The standard InChI is InChI=1S/C14H21NO3/c1-9-10(2)12(17-5)8-7-11(9)13(15(3)4)14(16)18-6/h7-8,13H,1-6H3. The van der Waals surface area contributed by atoms with Crippen molar-refractivity contribution in [1.82, 2.24) is 4.90 Å². The van der Waals surface area contributed by atoms with Gasteiger partial charge in [0.25, 0.3) is 0 Å².